The SMILES string of the molecule is CC(N)(C(=O)N1CCC(OCCO)CC1)C(F)(F)F. The molecule has 112 valence electrons. The Morgan fingerprint density at radius 3 is 2.37 bits per heavy atom. The molecule has 1 unspecified atom stereocenters. The first-order valence-corrected chi connectivity index (χ1v) is 6.07. The fourth-order valence-corrected chi connectivity index (χ4v) is 1.89. The number of aliphatic hydroxyl groups excluding tert-OH is 1. The Balaban J connectivity index is 2.54. The van der Waals surface area contributed by atoms with Gasteiger partial charge in [-0.25, -0.2) is 0 Å². The second kappa shape index (κ2) is 6.06. The molecule has 1 heterocycles. The lowest BCUT2D eigenvalue weighted by Crippen LogP contribution is -2.63. The third kappa shape index (κ3) is 3.80. The summed E-state index contributed by atoms with van der Waals surface area (Å²) < 4.78 is 43.2. The predicted octanol–water partition coefficient (Wildman–Crippen LogP) is 0.266. The van der Waals surface area contributed by atoms with E-state index in [1.54, 1.807) is 0 Å². The van der Waals surface area contributed by atoms with Gasteiger partial charge in [0.15, 0.2) is 5.54 Å². The molecule has 1 amide bonds. The topological polar surface area (TPSA) is 75.8 Å². The van der Waals surface area contributed by atoms with E-state index >= 15 is 0 Å². The van der Waals surface area contributed by atoms with Crippen LogP contribution in [0.5, 0.6) is 0 Å². The Morgan fingerprint density at radius 2 is 1.95 bits per heavy atom. The van der Waals surface area contributed by atoms with Crippen molar-refractivity contribution in [1.29, 1.82) is 0 Å². The van der Waals surface area contributed by atoms with Gasteiger partial charge in [0.05, 0.1) is 19.3 Å². The van der Waals surface area contributed by atoms with Crippen LogP contribution in [0.1, 0.15) is 19.8 Å². The van der Waals surface area contributed by atoms with Gasteiger partial charge in [0.2, 0.25) is 0 Å². The van der Waals surface area contributed by atoms with Gasteiger partial charge in [-0.15, -0.1) is 0 Å². The average molecular weight is 284 g/mol. The molecule has 0 spiro atoms. The highest BCUT2D eigenvalue weighted by molar-refractivity contribution is 5.86. The number of amides is 1. The van der Waals surface area contributed by atoms with Crippen molar-refractivity contribution in [3.63, 3.8) is 0 Å². The standard InChI is InChI=1S/C11H19F3N2O3/c1-10(15,11(12,13)14)9(18)16-4-2-8(3-5-16)19-7-6-17/h8,17H,2-7,15H2,1H3. The number of halogens is 3. The predicted molar refractivity (Wildman–Crippen MR) is 61.3 cm³/mol. The molecule has 0 radical (unpaired) electrons. The van der Waals surface area contributed by atoms with Crippen molar-refractivity contribution >= 4 is 5.91 Å². The highest BCUT2D eigenvalue weighted by Gasteiger charge is 2.55. The number of carbonyl (C=O) groups is 1. The van der Waals surface area contributed by atoms with Gasteiger partial charge in [-0.3, -0.25) is 4.79 Å². The van der Waals surface area contributed by atoms with Gasteiger partial charge in [0.25, 0.3) is 5.91 Å². The van der Waals surface area contributed by atoms with E-state index in [0.717, 1.165) is 4.90 Å². The lowest BCUT2D eigenvalue weighted by atomic mass is 9.98. The summed E-state index contributed by atoms with van der Waals surface area (Å²) in [5.41, 5.74) is 2.25. The maximum absolute atomic E-state index is 12.7. The Morgan fingerprint density at radius 1 is 1.42 bits per heavy atom. The number of nitrogens with zero attached hydrogens (tertiary/aromatic N) is 1. The third-order valence-corrected chi connectivity index (χ3v) is 3.21. The zero-order valence-corrected chi connectivity index (χ0v) is 10.7. The van der Waals surface area contributed by atoms with Crippen molar-refractivity contribution in [2.75, 3.05) is 26.3 Å². The van der Waals surface area contributed by atoms with E-state index in [2.05, 4.69) is 0 Å². The number of hydrogen-bond acceptors (Lipinski definition) is 4. The van der Waals surface area contributed by atoms with Crippen LogP contribution in [0, 0.1) is 0 Å². The fourth-order valence-electron chi connectivity index (χ4n) is 1.89. The molecule has 5 nitrogen and oxygen atoms in total. The maximum atomic E-state index is 12.7. The van der Waals surface area contributed by atoms with Crippen LogP contribution in [0.15, 0.2) is 0 Å². The fraction of sp³-hybridized carbons (Fsp3) is 0.909. The quantitative estimate of drug-likeness (QED) is 0.777. The number of ether oxygens (including phenoxy) is 1. The molecule has 3 N–H and O–H groups in total. The second-order valence-corrected chi connectivity index (χ2v) is 4.79. The molecule has 1 atom stereocenters. The monoisotopic (exact) mass is 284 g/mol. The average Bonchev–Trinajstić information content (AvgIpc) is 2.34. The summed E-state index contributed by atoms with van der Waals surface area (Å²) in [7, 11) is 0. The van der Waals surface area contributed by atoms with Gasteiger partial charge >= 0.3 is 6.18 Å². The molecule has 0 aromatic rings. The van der Waals surface area contributed by atoms with Crippen LogP contribution < -0.4 is 5.73 Å². The molecular weight excluding hydrogens is 265 g/mol. The van der Waals surface area contributed by atoms with Gasteiger partial charge in [0, 0.05) is 13.1 Å². The summed E-state index contributed by atoms with van der Waals surface area (Å²) in [6, 6.07) is 0. The van der Waals surface area contributed by atoms with E-state index in [-0.39, 0.29) is 32.4 Å². The minimum absolute atomic E-state index is 0.103. The lowest BCUT2D eigenvalue weighted by molar-refractivity contribution is -0.194. The smallest absolute Gasteiger partial charge is 0.394 e. The van der Waals surface area contributed by atoms with Crippen LogP contribution in [0.25, 0.3) is 0 Å². The van der Waals surface area contributed by atoms with E-state index < -0.39 is 17.6 Å². The molecule has 1 fully saturated rings. The summed E-state index contributed by atoms with van der Waals surface area (Å²) in [5.74, 6) is -1.11. The lowest BCUT2D eigenvalue weighted by Gasteiger charge is -2.37. The first kappa shape index (κ1) is 16.2. The Kier molecular flexibility index (Phi) is 5.17. The summed E-state index contributed by atoms with van der Waals surface area (Å²) in [6.07, 6.45) is -4.01. The van der Waals surface area contributed by atoms with Crippen LogP contribution in [-0.4, -0.2) is 60.0 Å². The van der Waals surface area contributed by atoms with Crippen LogP contribution in [0.4, 0.5) is 13.2 Å². The van der Waals surface area contributed by atoms with Crippen LogP contribution in [0.3, 0.4) is 0 Å². The number of alkyl halides is 3. The first-order valence-electron chi connectivity index (χ1n) is 6.07. The molecule has 0 bridgehead atoms. The second-order valence-electron chi connectivity index (χ2n) is 4.79. The molecular formula is C11H19F3N2O3. The number of nitrogens with two attached hydrogens (primary N) is 1. The van der Waals surface area contributed by atoms with Crippen molar-refractivity contribution < 1.29 is 27.8 Å². The Bertz CT molecular complexity index is 313. The van der Waals surface area contributed by atoms with Crippen molar-refractivity contribution in [3.8, 4) is 0 Å². The summed E-state index contributed by atoms with van der Waals surface area (Å²) >= 11 is 0. The first-order chi connectivity index (χ1) is 8.70. The van der Waals surface area contributed by atoms with Crippen molar-refractivity contribution in [3.05, 3.63) is 0 Å². The van der Waals surface area contributed by atoms with Gasteiger partial charge in [-0.05, 0) is 19.8 Å². The van der Waals surface area contributed by atoms with Crippen molar-refractivity contribution in [2.24, 2.45) is 5.73 Å². The van der Waals surface area contributed by atoms with Crippen LogP contribution in [-0.2, 0) is 9.53 Å². The molecule has 0 aliphatic carbocycles. The van der Waals surface area contributed by atoms with E-state index in [0.29, 0.717) is 19.8 Å². The molecule has 1 saturated heterocycles. The van der Waals surface area contributed by atoms with Crippen LogP contribution in [0.2, 0.25) is 0 Å². The number of piperidine rings is 1. The molecule has 8 heteroatoms. The van der Waals surface area contributed by atoms with E-state index in [1.165, 1.54) is 0 Å². The Hall–Kier alpha value is -0.860. The molecule has 0 saturated carbocycles. The van der Waals surface area contributed by atoms with Crippen molar-refractivity contribution in [1.82, 2.24) is 4.90 Å². The maximum Gasteiger partial charge on any atom is 0.415 e. The summed E-state index contributed by atoms with van der Waals surface area (Å²) in [5, 5.41) is 8.60. The number of aliphatic hydroxyl groups is 1. The largest absolute Gasteiger partial charge is 0.415 e. The van der Waals surface area contributed by atoms with Crippen LogP contribution >= 0.6 is 0 Å². The van der Waals surface area contributed by atoms with Gasteiger partial charge in [-0.2, -0.15) is 13.2 Å². The minimum Gasteiger partial charge on any atom is -0.394 e. The Labute approximate surface area is 109 Å². The zero-order valence-electron chi connectivity index (χ0n) is 10.7. The molecule has 1 rings (SSSR count). The van der Waals surface area contributed by atoms with E-state index in [4.69, 9.17) is 15.6 Å². The summed E-state index contributed by atoms with van der Waals surface area (Å²) in [4.78, 5) is 12.9. The molecule has 0 aromatic carbocycles. The normalized spacial score (nSPS) is 21.3. The highest BCUT2D eigenvalue weighted by Crippen LogP contribution is 2.30. The van der Waals surface area contributed by atoms with Crippen molar-refractivity contribution in [2.45, 2.75) is 37.6 Å². The number of likely N-dealkylation sites (tertiary alicyclic amines) is 1. The molecule has 1 aliphatic rings. The van der Waals surface area contributed by atoms with E-state index in [1.807, 2.05) is 0 Å². The summed E-state index contributed by atoms with van der Waals surface area (Å²) in [6.45, 7) is 1.13. The highest BCUT2D eigenvalue weighted by atomic mass is 19.4. The van der Waals surface area contributed by atoms with Gasteiger partial charge < -0.3 is 20.5 Å². The number of rotatable bonds is 4. The molecule has 1 aliphatic heterocycles. The molecule has 0 aromatic heterocycles. The number of carbonyl (C=O) groups excluding carboxylic acids is 1. The third-order valence-electron chi connectivity index (χ3n) is 3.21. The van der Waals surface area contributed by atoms with Gasteiger partial charge in [0.1, 0.15) is 0 Å². The van der Waals surface area contributed by atoms with Gasteiger partial charge in [-0.1, -0.05) is 0 Å². The minimum atomic E-state index is -4.77. The molecule has 19 heavy (non-hydrogen) atoms. The zero-order chi connectivity index (χ0) is 14.7. The number of hydrogen-bond donors (Lipinski definition) is 2. The van der Waals surface area contributed by atoms with E-state index in [9.17, 15) is 18.0 Å².